The minimum Gasteiger partial charge on any atom is 0 e. The number of hydrogen-bond donors (Lipinski definition) is 0. The largest absolute Gasteiger partial charge is 0 e. The van der Waals surface area contributed by atoms with Crippen molar-refractivity contribution in [3.63, 3.8) is 0 Å². The molecule has 0 aliphatic heterocycles. The first-order valence-electron chi connectivity index (χ1n) is 0. The molecule has 0 aliphatic carbocycles. The van der Waals surface area contributed by atoms with E-state index >= 15 is 0 Å². The van der Waals surface area contributed by atoms with E-state index in [9.17, 15) is 0 Å². The molecule has 0 aromatic rings. The summed E-state index contributed by atoms with van der Waals surface area (Å²) in [5, 5.41) is 0. The van der Waals surface area contributed by atoms with E-state index in [1.165, 1.54) is 0 Å². The van der Waals surface area contributed by atoms with E-state index in [0.717, 1.165) is 0 Å². The molecular weight excluding hydrogens is 246 g/mol. The van der Waals surface area contributed by atoms with Crippen molar-refractivity contribution in [3.05, 3.63) is 0 Å². The summed E-state index contributed by atoms with van der Waals surface area (Å²) in [7, 11) is 0. The summed E-state index contributed by atoms with van der Waals surface area (Å²) in [5.41, 5.74) is 0. The Morgan fingerprint density at radius 3 is 1.00 bits per heavy atom. The summed E-state index contributed by atoms with van der Waals surface area (Å²) in [4.78, 5) is 0. The van der Waals surface area contributed by atoms with Gasteiger partial charge in [0.2, 0.25) is 0 Å². The normalized spacial score (nSPS) is 0. The molecule has 0 saturated heterocycles. The van der Waals surface area contributed by atoms with Crippen LogP contribution in [0.15, 0.2) is 0 Å². The molecule has 0 nitrogen and oxygen atoms in total. The van der Waals surface area contributed by atoms with Gasteiger partial charge in [-0.15, -0.1) is 0 Å². The molecule has 0 unspecified atom stereocenters. The van der Waals surface area contributed by atoms with Crippen LogP contribution in [0.4, 0.5) is 0 Å². The van der Waals surface area contributed by atoms with Crippen molar-refractivity contribution >= 4 is 69.8 Å². The number of hydrogen-bond acceptors (Lipinski definition) is 0. The van der Waals surface area contributed by atoms with Gasteiger partial charge in [0.1, 0.15) is 0 Å². The predicted octanol–water partition coefficient (Wildman–Crippen LogP) is -1.52. The fourth-order valence-corrected chi connectivity index (χ4v) is 0. The molecule has 0 rings (SSSR count). The van der Waals surface area contributed by atoms with Crippen LogP contribution in [0.1, 0.15) is 0 Å². The van der Waals surface area contributed by atoms with Gasteiger partial charge in [0.15, 0.2) is 0 Å². The molecule has 0 aliphatic rings. The summed E-state index contributed by atoms with van der Waals surface area (Å²) < 4.78 is 0. The fraction of sp³-hybridized carbons (Fsp3) is 0. The Morgan fingerprint density at radius 1 is 1.00 bits per heavy atom. The van der Waals surface area contributed by atoms with Crippen molar-refractivity contribution in [3.8, 4) is 0 Å². The molecule has 0 aromatic heterocycles. The average molecular weight is 246 g/mol. The fourth-order valence-electron chi connectivity index (χ4n) is 0. The van der Waals surface area contributed by atoms with Crippen LogP contribution in [-0.4, -0.2) is 69.8 Å². The Kier molecular flexibility index (Phi) is 176. The maximum absolute atomic E-state index is 0. The molecule has 15 radical (unpaired) electrons. The van der Waals surface area contributed by atoms with Crippen molar-refractivity contribution in [2.24, 2.45) is 0 Å². The second kappa shape index (κ2) is 19.5. The Bertz CT molecular complexity index is 8.00. The van der Waals surface area contributed by atoms with Crippen LogP contribution in [0.3, 0.4) is 0 Å². The first kappa shape index (κ1) is 36.1. The van der Waals surface area contributed by atoms with Crippen LogP contribution in [0, 0.1) is 0 Å². The Labute approximate surface area is 69.2 Å². The second-order valence-electron chi connectivity index (χ2n) is 0. The molecule has 15 valence electrons. The van der Waals surface area contributed by atoms with Crippen LogP contribution in [0.5, 0.6) is 0 Å². The van der Waals surface area contributed by atoms with Gasteiger partial charge >= 0.3 is 0 Å². The minimum absolute atomic E-state index is 0. The maximum atomic E-state index is 0. The van der Waals surface area contributed by atoms with Gasteiger partial charge < -0.3 is 0 Å². The van der Waals surface area contributed by atoms with Gasteiger partial charge in [0.05, 0.1) is 0 Å². The molecule has 0 spiro atoms. The zero-order valence-corrected chi connectivity index (χ0v) is 9.18. The van der Waals surface area contributed by atoms with Gasteiger partial charge in [-0.25, -0.2) is 0 Å². The molecular formula is AlGeSiSn. The summed E-state index contributed by atoms with van der Waals surface area (Å²) >= 11 is 0. The predicted molar refractivity (Wildman–Crippen MR) is 23.0 cm³/mol. The monoisotopic (exact) mass is 249 g/mol. The molecule has 0 N–H and O–H groups in total. The van der Waals surface area contributed by atoms with Gasteiger partial charge in [-0.2, -0.15) is 0 Å². The van der Waals surface area contributed by atoms with Gasteiger partial charge in [-0.05, 0) is 0 Å². The average Bonchev–Trinajstić information content (AvgIpc) is 0. The third-order valence-corrected chi connectivity index (χ3v) is 0. The first-order valence-corrected chi connectivity index (χ1v) is 0. The van der Waals surface area contributed by atoms with Gasteiger partial charge in [-0.3, -0.25) is 0 Å². The van der Waals surface area contributed by atoms with Crippen LogP contribution >= 0.6 is 0 Å². The van der Waals surface area contributed by atoms with Gasteiger partial charge in [-0.1, -0.05) is 0 Å². The second-order valence-corrected chi connectivity index (χ2v) is 0. The zero-order chi connectivity index (χ0) is 0. The quantitative estimate of drug-likeness (QED) is 0.455. The molecule has 0 heterocycles. The molecule has 4 heteroatoms. The molecule has 0 saturated carbocycles. The number of rotatable bonds is 0. The van der Waals surface area contributed by atoms with E-state index in [1.807, 2.05) is 0 Å². The van der Waals surface area contributed by atoms with Crippen molar-refractivity contribution in [2.75, 3.05) is 0 Å². The molecule has 0 bridgehead atoms. The Hall–Kier alpha value is 2.09. The summed E-state index contributed by atoms with van der Waals surface area (Å²) in [6.45, 7) is 0. The van der Waals surface area contributed by atoms with E-state index in [4.69, 9.17) is 0 Å². The van der Waals surface area contributed by atoms with E-state index in [2.05, 4.69) is 0 Å². The Morgan fingerprint density at radius 2 is 1.00 bits per heavy atom. The first-order chi connectivity index (χ1) is 0. The standard InChI is InChI=1S/Al.Ge.Si.Sn. The van der Waals surface area contributed by atoms with Crippen molar-refractivity contribution < 1.29 is 0 Å². The van der Waals surface area contributed by atoms with Crippen molar-refractivity contribution in [1.29, 1.82) is 0 Å². The molecule has 0 amide bonds. The van der Waals surface area contributed by atoms with E-state index in [1.54, 1.807) is 0 Å². The SMILES string of the molecule is [Al].[Ge].[Si].[Sn]. The van der Waals surface area contributed by atoms with Crippen LogP contribution < -0.4 is 0 Å². The minimum atomic E-state index is 0. The summed E-state index contributed by atoms with van der Waals surface area (Å²) in [6.07, 6.45) is 0. The van der Waals surface area contributed by atoms with Gasteiger partial charge in [0.25, 0.3) is 0 Å². The molecule has 0 fully saturated rings. The van der Waals surface area contributed by atoms with E-state index in [-0.39, 0.29) is 69.8 Å². The van der Waals surface area contributed by atoms with Crippen LogP contribution in [0.25, 0.3) is 0 Å². The van der Waals surface area contributed by atoms with Crippen LogP contribution in [0.2, 0.25) is 0 Å². The third-order valence-electron chi connectivity index (χ3n) is 0. The van der Waals surface area contributed by atoms with Crippen molar-refractivity contribution in [2.45, 2.75) is 0 Å². The third kappa shape index (κ3) is 8.94. The molecule has 0 aromatic carbocycles. The van der Waals surface area contributed by atoms with Crippen molar-refractivity contribution in [1.82, 2.24) is 0 Å². The summed E-state index contributed by atoms with van der Waals surface area (Å²) in [5.74, 6) is 0. The van der Waals surface area contributed by atoms with Gasteiger partial charge in [0, 0.05) is 69.8 Å². The smallest absolute Gasteiger partial charge is 0 e. The summed E-state index contributed by atoms with van der Waals surface area (Å²) in [6, 6.07) is 0. The van der Waals surface area contributed by atoms with E-state index < -0.39 is 0 Å². The van der Waals surface area contributed by atoms with Crippen LogP contribution in [-0.2, 0) is 0 Å². The molecule has 0 atom stereocenters. The molecule has 4 heavy (non-hydrogen) atoms. The maximum Gasteiger partial charge on any atom is 0 e. The Balaban J connectivity index is 0. The van der Waals surface area contributed by atoms with E-state index in [0.29, 0.717) is 0 Å². The zero-order valence-electron chi connectivity index (χ0n) is 2.08. The topological polar surface area (TPSA) is 0 Å².